The van der Waals surface area contributed by atoms with Gasteiger partial charge in [-0.2, -0.15) is 0 Å². The molecular weight excluding hydrogens is 504 g/mol. The molecule has 1 N–H and O–H groups in total. The molecule has 2 aliphatic rings. The van der Waals surface area contributed by atoms with E-state index in [-0.39, 0.29) is 23.8 Å². The summed E-state index contributed by atoms with van der Waals surface area (Å²) in [4.78, 5) is 30.0. The van der Waals surface area contributed by atoms with Crippen LogP contribution in [0.4, 0.5) is 5.82 Å². The maximum atomic E-state index is 14.0. The summed E-state index contributed by atoms with van der Waals surface area (Å²) >= 11 is 0. The lowest BCUT2D eigenvalue weighted by molar-refractivity contribution is -0.124. The third-order valence-corrected chi connectivity index (χ3v) is 8.63. The molecule has 2 fully saturated rings. The number of hydrogen-bond donors (Lipinski definition) is 1. The van der Waals surface area contributed by atoms with E-state index in [1.54, 1.807) is 19.6 Å². The average molecular weight is 547 g/mol. The fourth-order valence-corrected chi connectivity index (χ4v) is 6.16. The van der Waals surface area contributed by atoms with Crippen molar-refractivity contribution in [3.63, 3.8) is 0 Å². The Bertz CT molecular complexity index is 1290. The summed E-state index contributed by atoms with van der Waals surface area (Å²) in [6.07, 6.45) is 10.1. The topological polar surface area (TPSA) is 102 Å². The summed E-state index contributed by atoms with van der Waals surface area (Å²) in [6, 6.07) is 7.99. The lowest BCUT2D eigenvalue weighted by Gasteiger charge is -2.35. The minimum Gasteiger partial charge on any atom is -0.495 e. The highest BCUT2D eigenvalue weighted by Crippen LogP contribution is 2.38. The zero-order valence-corrected chi connectivity index (χ0v) is 24.2. The molecule has 40 heavy (non-hydrogen) atoms. The van der Waals surface area contributed by atoms with E-state index in [0.717, 1.165) is 54.1 Å². The molecule has 0 radical (unpaired) electrons. The van der Waals surface area contributed by atoms with Crippen molar-refractivity contribution in [2.45, 2.75) is 90.1 Å². The van der Waals surface area contributed by atoms with Crippen molar-refractivity contribution in [2.75, 3.05) is 18.6 Å². The van der Waals surface area contributed by atoms with Crippen LogP contribution in [-0.4, -0.2) is 45.7 Å². The summed E-state index contributed by atoms with van der Waals surface area (Å²) in [5.74, 6) is 3.22. The van der Waals surface area contributed by atoms with E-state index in [1.165, 1.54) is 0 Å². The number of nitrogens with zero attached hydrogens (tertiary/aromatic N) is 4. The lowest BCUT2D eigenvalue weighted by Crippen LogP contribution is -2.42. The third kappa shape index (κ3) is 6.38. The molecule has 3 aromatic heterocycles. The highest BCUT2D eigenvalue weighted by Gasteiger charge is 2.33. The second-order valence-corrected chi connectivity index (χ2v) is 11.8. The van der Waals surface area contributed by atoms with Gasteiger partial charge in [-0.3, -0.25) is 14.7 Å². The summed E-state index contributed by atoms with van der Waals surface area (Å²) in [7, 11) is 1.68. The molecule has 3 heterocycles. The second-order valence-electron chi connectivity index (χ2n) is 11.8. The molecular formula is C32H42N4O4. The Balaban J connectivity index is 1.33. The zero-order chi connectivity index (χ0) is 28.2. The number of aromatic nitrogens is 3. The van der Waals surface area contributed by atoms with Gasteiger partial charge in [-0.1, -0.05) is 13.8 Å². The molecule has 8 nitrogen and oxygen atoms in total. The van der Waals surface area contributed by atoms with E-state index in [1.807, 2.05) is 30.0 Å². The number of carbonyl (C=O) groups excluding carboxylic acids is 1. The van der Waals surface area contributed by atoms with Crippen LogP contribution >= 0.6 is 0 Å². The number of anilines is 1. The number of ether oxygens (including phenoxy) is 1. The molecule has 2 saturated carbocycles. The highest BCUT2D eigenvalue weighted by molar-refractivity contribution is 5.94. The summed E-state index contributed by atoms with van der Waals surface area (Å²) in [5.41, 5.74) is 3.70. The molecule has 2 aliphatic carbocycles. The Morgan fingerprint density at radius 3 is 2.48 bits per heavy atom. The van der Waals surface area contributed by atoms with Crippen LogP contribution in [0.2, 0.25) is 0 Å². The first kappa shape index (κ1) is 28.3. The quantitative estimate of drug-likeness (QED) is 0.347. The predicted molar refractivity (Wildman–Crippen MR) is 154 cm³/mol. The van der Waals surface area contributed by atoms with E-state index in [4.69, 9.17) is 14.1 Å². The fraction of sp³-hybridized carbons (Fsp3) is 0.562. The zero-order valence-electron chi connectivity index (χ0n) is 24.2. The number of carbonyl (C=O) groups is 1. The number of hydrogen-bond acceptors (Lipinski definition) is 7. The van der Waals surface area contributed by atoms with Gasteiger partial charge in [-0.25, -0.2) is 9.97 Å². The van der Waals surface area contributed by atoms with Gasteiger partial charge in [0.25, 0.3) is 0 Å². The van der Waals surface area contributed by atoms with Crippen LogP contribution in [0.1, 0.15) is 94.3 Å². The Labute approximate surface area is 237 Å². The third-order valence-electron chi connectivity index (χ3n) is 8.63. The molecule has 1 amide bonds. The first-order valence-corrected chi connectivity index (χ1v) is 14.7. The highest BCUT2D eigenvalue weighted by atomic mass is 16.5. The molecule has 0 atom stereocenters. The molecule has 0 saturated heterocycles. The summed E-state index contributed by atoms with van der Waals surface area (Å²) < 4.78 is 11.1. The molecule has 3 aromatic rings. The van der Waals surface area contributed by atoms with Crippen molar-refractivity contribution in [3.8, 4) is 17.0 Å². The van der Waals surface area contributed by atoms with Crippen LogP contribution in [-0.2, 0) is 4.79 Å². The van der Waals surface area contributed by atoms with Gasteiger partial charge < -0.3 is 14.3 Å². The number of rotatable bonds is 8. The SMILES string of the molecule is COc1ccc(C2CCC(CN(C(=O)C3CCC(O)CC3)c3cc(-c4coc(C(C)C)n4)ccn3)CC2)nc1C. The summed E-state index contributed by atoms with van der Waals surface area (Å²) in [5, 5.41) is 10.0. The van der Waals surface area contributed by atoms with E-state index in [0.29, 0.717) is 55.8 Å². The van der Waals surface area contributed by atoms with Gasteiger partial charge >= 0.3 is 0 Å². The van der Waals surface area contributed by atoms with Gasteiger partial charge in [-0.15, -0.1) is 0 Å². The van der Waals surface area contributed by atoms with Gasteiger partial charge in [0.15, 0.2) is 5.89 Å². The largest absolute Gasteiger partial charge is 0.495 e. The molecule has 0 aromatic carbocycles. The minimum atomic E-state index is -0.299. The molecule has 5 rings (SSSR count). The Morgan fingerprint density at radius 2 is 1.82 bits per heavy atom. The maximum Gasteiger partial charge on any atom is 0.231 e. The van der Waals surface area contributed by atoms with Crippen LogP contribution in [0.5, 0.6) is 5.75 Å². The predicted octanol–water partition coefficient (Wildman–Crippen LogP) is 6.43. The van der Waals surface area contributed by atoms with Crippen LogP contribution in [0.25, 0.3) is 11.3 Å². The first-order chi connectivity index (χ1) is 19.3. The van der Waals surface area contributed by atoms with E-state index in [2.05, 4.69) is 29.9 Å². The molecule has 214 valence electrons. The maximum absolute atomic E-state index is 14.0. The van der Waals surface area contributed by atoms with Crippen LogP contribution in [0.15, 0.2) is 41.1 Å². The van der Waals surface area contributed by atoms with Gasteiger partial charge in [0, 0.05) is 41.8 Å². The number of oxazole rings is 1. The first-order valence-electron chi connectivity index (χ1n) is 14.7. The number of amides is 1. The van der Waals surface area contributed by atoms with Gasteiger partial charge in [0.1, 0.15) is 23.5 Å². The number of pyridine rings is 2. The summed E-state index contributed by atoms with van der Waals surface area (Å²) in [6.45, 7) is 6.74. The fourth-order valence-electron chi connectivity index (χ4n) is 6.16. The van der Waals surface area contributed by atoms with Gasteiger partial charge in [0.05, 0.1) is 18.9 Å². The second kappa shape index (κ2) is 12.5. The number of aliphatic hydroxyl groups excluding tert-OH is 1. The minimum absolute atomic E-state index is 0.0868. The van der Waals surface area contributed by atoms with E-state index < -0.39 is 0 Å². The molecule has 0 unspecified atom stereocenters. The Morgan fingerprint density at radius 1 is 1.07 bits per heavy atom. The molecule has 0 aliphatic heterocycles. The standard InChI is InChI=1S/C32H42N4O4/c1-20(2)31-35-28(19-40-31)25-15-16-33-30(17-25)36(32(38)24-9-11-26(37)12-10-24)18-22-5-7-23(8-6-22)27-13-14-29(39-4)21(3)34-27/h13-17,19-20,22-24,26,37H,5-12,18H2,1-4H3. The van der Waals surface area contributed by atoms with Crippen molar-refractivity contribution in [1.29, 1.82) is 0 Å². The molecule has 8 heteroatoms. The van der Waals surface area contributed by atoms with E-state index >= 15 is 0 Å². The normalized spacial score (nSPS) is 23.2. The number of aliphatic hydroxyl groups is 1. The van der Waals surface area contributed by atoms with Crippen LogP contribution in [0, 0.1) is 18.8 Å². The smallest absolute Gasteiger partial charge is 0.231 e. The van der Waals surface area contributed by atoms with Crippen molar-refractivity contribution < 1.29 is 19.1 Å². The number of aryl methyl sites for hydroxylation is 1. The molecule has 0 bridgehead atoms. The Kier molecular flexibility index (Phi) is 8.84. The number of methoxy groups -OCH3 is 1. The van der Waals surface area contributed by atoms with Crippen molar-refractivity contribution in [1.82, 2.24) is 15.0 Å². The monoisotopic (exact) mass is 546 g/mol. The van der Waals surface area contributed by atoms with Crippen molar-refractivity contribution in [3.05, 3.63) is 54.0 Å². The lowest BCUT2D eigenvalue weighted by atomic mass is 9.79. The van der Waals surface area contributed by atoms with Crippen LogP contribution in [0.3, 0.4) is 0 Å². The van der Waals surface area contributed by atoms with Gasteiger partial charge in [-0.05, 0) is 88.5 Å². The van der Waals surface area contributed by atoms with E-state index in [9.17, 15) is 9.90 Å². The van der Waals surface area contributed by atoms with Gasteiger partial charge in [0.2, 0.25) is 5.91 Å². The van der Waals surface area contributed by atoms with Crippen LogP contribution < -0.4 is 9.64 Å². The average Bonchev–Trinajstić information content (AvgIpc) is 3.47. The van der Waals surface area contributed by atoms with Crippen molar-refractivity contribution in [2.24, 2.45) is 11.8 Å². The molecule has 0 spiro atoms. The Hall–Kier alpha value is -3.26. The van der Waals surface area contributed by atoms with Crippen molar-refractivity contribution >= 4 is 11.7 Å².